The third-order valence-electron chi connectivity index (χ3n) is 2.76. The molecular weight excluding hydrogens is 299 g/mol. The maximum absolute atomic E-state index is 12.0. The number of nitrogens with one attached hydrogen (secondary N) is 1. The first-order chi connectivity index (χ1) is 9.47. The van der Waals surface area contributed by atoms with Gasteiger partial charge in [-0.25, -0.2) is 0 Å². The van der Waals surface area contributed by atoms with Crippen molar-refractivity contribution in [3.05, 3.63) is 57.8 Å². The number of amides is 1. The number of hydrogen-bond donors (Lipinski definition) is 2. The Balaban J connectivity index is 2.15. The molecule has 1 atom stereocenters. The van der Waals surface area contributed by atoms with Crippen LogP contribution in [-0.4, -0.2) is 16.0 Å². The van der Waals surface area contributed by atoms with Gasteiger partial charge in [0.15, 0.2) is 0 Å². The normalized spacial score (nSPS) is 11.9. The summed E-state index contributed by atoms with van der Waals surface area (Å²) in [6.45, 7) is 1.81. The van der Waals surface area contributed by atoms with Gasteiger partial charge in [0, 0.05) is 16.2 Å². The molecule has 4 nitrogen and oxygen atoms in total. The summed E-state index contributed by atoms with van der Waals surface area (Å²) in [6.07, 6.45) is 2.64. The zero-order valence-corrected chi connectivity index (χ0v) is 12.1. The number of rotatable bonds is 3. The molecule has 0 spiro atoms. The van der Waals surface area contributed by atoms with Gasteiger partial charge in [-0.05, 0) is 30.7 Å². The largest absolute Gasteiger partial charge is 0.506 e. The van der Waals surface area contributed by atoms with Crippen molar-refractivity contribution in [2.75, 3.05) is 0 Å². The number of aromatic nitrogens is 1. The van der Waals surface area contributed by atoms with Gasteiger partial charge in [0.2, 0.25) is 0 Å². The van der Waals surface area contributed by atoms with Crippen molar-refractivity contribution in [3.63, 3.8) is 0 Å². The molecule has 0 aliphatic heterocycles. The molecule has 2 N–H and O–H groups in total. The lowest BCUT2D eigenvalue weighted by Crippen LogP contribution is -2.26. The molecule has 0 fully saturated rings. The minimum atomic E-state index is -0.341. The summed E-state index contributed by atoms with van der Waals surface area (Å²) in [4.78, 5) is 15.8. The number of aromatic hydroxyl groups is 1. The fraction of sp³-hybridized carbons (Fsp3) is 0.143. The maximum atomic E-state index is 12.0. The Morgan fingerprint density at radius 3 is 2.70 bits per heavy atom. The summed E-state index contributed by atoms with van der Waals surface area (Å²) in [5, 5.41) is 13.1. The summed E-state index contributed by atoms with van der Waals surface area (Å²) < 4.78 is 0. The van der Waals surface area contributed by atoms with Crippen LogP contribution in [0.1, 0.15) is 28.9 Å². The van der Waals surface area contributed by atoms with Gasteiger partial charge < -0.3 is 10.4 Å². The molecule has 0 radical (unpaired) electrons. The zero-order chi connectivity index (χ0) is 14.7. The third-order valence-corrected chi connectivity index (χ3v) is 3.33. The molecule has 0 saturated heterocycles. The standard InChI is InChI=1S/C14H12Cl2N2O2/c1-8(12-3-2-10(15)5-13(12)16)18-14(20)9-4-11(19)7-17-6-9/h2-8,19H,1H3,(H,18,20). The Morgan fingerprint density at radius 2 is 2.05 bits per heavy atom. The fourth-order valence-electron chi connectivity index (χ4n) is 1.76. The third kappa shape index (κ3) is 3.40. The highest BCUT2D eigenvalue weighted by Crippen LogP contribution is 2.26. The highest BCUT2D eigenvalue weighted by molar-refractivity contribution is 6.35. The van der Waals surface area contributed by atoms with E-state index >= 15 is 0 Å². The summed E-state index contributed by atoms with van der Waals surface area (Å²) in [7, 11) is 0. The van der Waals surface area contributed by atoms with E-state index in [1.54, 1.807) is 18.2 Å². The Bertz CT molecular complexity index is 647. The molecule has 2 rings (SSSR count). The van der Waals surface area contributed by atoms with Crippen molar-refractivity contribution < 1.29 is 9.90 Å². The number of carbonyl (C=O) groups is 1. The van der Waals surface area contributed by atoms with Crippen LogP contribution in [0, 0.1) is 0 Å². The fourth-order valence-corrected chi connectivity index (χ4v) is 2.33. The van der Waals surface area contributed by atoms with Crippen LogP contribution in [0.4, 0.5) is 0 Å². The number of pyridine rings is 1. The highest BCUT2D eigenvalue weighted by Gasteiger charge is 2.14. The van der Waals surface area contributed by atoms with Crippen molar-refractivity contribution in [2.24, 2.45) is 0 Å². The Hall–Kier alpha value is -1.78. The minimum absolute atomic E-state index is 0.0603. The Kier molecular flexibility index (Phi) is 4.47. The first-order valence-corrected chi connectivity index (χ1v) is 6.63. The summed E-state index contributed by atoms with van der Waals surface area (Å²) in [6, 6.07) is 6.14. The van der Waals surface area contributed by atoms with Crippen LogP contribution in [0.2, 0.25) is 10.0 Å². The monoisotopic (exact) mass is 310 g/mol. The topological polar surface area (TPSA) is 62.2 Å². The van der Waals surface area contributed by atoms with Crippen LogP contribution in [0.3, 0.4) is 0 Å². The first-order valence-electron chi connectivity index (χ1n) is 5.87. The van der Waals surface area contributed by atoms with Gasteiger partial charge >= 0.3 is 0 Å². The summed E-state index contributed by atoms with van der Waals surface area (Å²) in [5.41, 5.74) is 1.04. The predicted octanol–water partition coefficient (Wildman–Crippen LogP) is 3.59. The van der Waals surface area contributed by atoms with Gasteiger partial charge in [0.1, 0.15) is 5.75 Å². The number of halogens is 2. The van der Waals surface area contributed by atoms with E-state index in [-0.39, 0.29) is 23.3 Å². The summed E-state index contributed by atoms with van der Waals surface area (Å²) in [5.74, 6) is -0.401. The second kappa shape index (κ2) is 6.11. The molecule has 2 aromatic rings. The molecule has 0 bridgehead atoms. The molecule has 1 heterocycles. The van der Waals surface area contributed by atoms with E-state index in [1.165, 1.54) is 18.5 Å². The van der Waals surface area contributed by atoms with Gasteiger partial charge in [-0.1, -0.05) is 29.3 Å². The summed E-state index contributed by atoms with van der Waals surface area (Å²) >= 11 is 11.9. The van der Waals surface area contributed by atoms with Crippen molar-refractivity contribution in [3.8, 4) is 5.75 Å². The van der Waals surface area contributed by atoms with Crippen LogP contribution in [-0.2, 0) is 0 Å². The molecule has 1 amide bonds. The second-order valence-corrected chi connectivity index (χ2v) is 5.14. The lowest BCUT2D eigenvalue weighted by Gasteiger charge is -2.16. The first kappa shape index (κ1) is 14.6. The number of benzene rings is 1. The van der Waals surface area contributed by atoms with Gasteiger partial charge in [-0.2, -0.15) is 0 Å². The highest BCUT2D eigenvalue weighted by atomic mass is 35.5. The second-order valence-electron chi connectivity index (χ2n) is 4.29. The van der Waals surface area contributed by atoms with E-state index in [9.17, 15) is 9.90 Å². The average molecular weight is 311 g/mol. The number of carbonyl (C=O) groups excluding carboxylic acids is 1. The predicted molar refractivity (Wildman–Crippen MR) is 78.2 cm³/mol. The van der Waals surface area contributed by atoms with Gasteiger partial charge in [-0.3, -0.25) is 9.78 Å². The van der Waals surface area contributed by atoms with Crippen molar-refractivity contribution in [2.45, 2.75) is 13.0 Å². The lowest BCUT2D eigenvalue weighted by molar-refractivity contribution is 0.0939. The van der Waals surface area contributed by atoms with E-state index in [0.29, 0.717) is 10.0 Å². The van der Waals surface area contributed by atoms with E-state index in [1.807, 2.05) is 6.92 Å². The SMILES string of the molecule is CC(NC(=O)c1cncc(O)c1)c1ccc(Cl)cc1Cl. The average Bonchev–Trinajstić information content (AvgIpc) is 2.38. The molecule has 0 aliphatic rings. The molecule has 0 aliphatic carbocycles. The molecule has 20 heavy (non-hydrogen) atoms. The van der Waals surface area contributed by atoms with Gasteiger partial charge in [0.25, 0.3) is 5.91 Å². The molecule has 104 valence electrons. The van der Waals surface area contributed by atoms with Gasteiger partial charge in [0.05, 0.1) is 17.8 Å². The van der Waals surface area contributed by atoms with Crippen LogP contribution in [0.15, 0.2) is 36.7 Å². The molecule has 1 unspecified atom stereocenters. The van der Waals surface area contributed by atoms with E-state index in [0.717, 1.165) is 5.56 Å². The number of hydrogen-bond acceptors (Lipinski definition) is 3. The quantitative estimate of drug-likeness (QED) is 0.910. The van der Waals surface area contributed by atoms with Crippen molar-refractivity contribution in [1.82, 2.24) is 10.3 Å². The van der Waals surface area contributed by atoms with Crippen LogP contribution < -0.4 is 5.32 Å². The Morgan fingerprint density at radius 1 is 1.30 bits per heavy atom. The maximum Gasteiger partial charge on any atom is 0.253 e. The van der Waals surface area contributed by atoms with Gasteiger partial charge in [-0.15, -0.1) is 0 Å². The van der Waals surface area contributed by atoms with Crippen LogP contribution in [0.25, 0.3) is 0 Å². The van der Waals surface area contributed by atoms with Crippen LogP contribution >= 0.6 is 23.2 Å². The molecule has 0 saturated carbocycles. The molecule has 6 heteroatoms. The molecule has 1 aromatic heterocycles. The smallest absolute Gasteiger partial charge is 0.253 e. The molecular formula is C14H12Cl2N2O2. The number of nitrogens with zero attached hydrogens (tertiary/aromatic N) is 1. The van der Waals surface area contributed by atoms with E-state index in [2.05, 4.69) is 10.3 Å². The zero-order valence-electron chi connectivity index (χ0n) is 10.6. The lowest BCUT2D eigenvalue weighted by atomic mass is 10.1. The Labute approximate surface area is 126 Å². The van der Waals surface area contributed by atoms with Crippen molar-refractivity contribution in [1.29, 1.82) is 0 Å². The van der Waals surface area contributed by atoms with E-state index < -0.39 is 0 Å². The van der Waals surface area contributed by atoms with Crippen LogP contribution in [0.5, 0.6) is 5.75 Å². The minimum Gasteiger partial charge on any atom is -0.506 e. The van der Waals surface area contributed by atoms with E-state index in [4.69, 9.17) is 23.2 Å². The van der Waals surface area contributed by atoms with Crippen molar-refractivity contribution >= 4 is 29.1 Å². The molecule has 1 aromatic carbocycles.